The fourth-order valence-corrected chi connectivity index (χ4v) is 4.84. The van der Waals surface area contributed by atoms with Crippen molar-refractivity contribution in [3.8, 4) is 17.1 Å². The molecular weight excluding hydrogens is 442 g/mol. The Hall–Kier alpha value is -3.17. The maximum absolute atomic E-state index is 12.9. The molecule has 2 aromatic carbocycles. The van der Waals surface area contributed by atoms with Gasteiger partial charge in [-0.15, -0.1) is 0 Å². The van der Waals surface area contributed by atoms with Crippen molar-refractivity contribution < 1.29 is 22.4 Å². The lowest BCUT2D eigenvalue weighted by Crippen LogP contribution is -2.30. The summed E-state index contributed by atoms with van der Waals surface area (Å²) >= 11 is 0. The fourth-order valence-electron chi connectivity index (χ4n) is 3.36. The molecule has 176 valence electrons. The smallest absolute Gasteiger partial charge is 0.243 e. The minimum Gasteiger partial charge on any atom is -0.492 e. The number of aromatic nitrogens is 1. The van der Waals surface area contributed by atoms with Crippen molar-refractivity contribution in [3.63, 3.8) is 0 Å². The van der Waals surface area contributed by atoms with Crippen molar-refractivity contribution in [3.05, 3.63) is 60.6 Å². The maximum atomic E-state index is 12.9. The van der Waals surface area contributed by atoms with Gasteiger partial charge in [0.1, 0.15) is 5.75 Å². The summed E-state index contributed by atoms with van der Waals surface area (Å²) in [4.78, 5) is 17.0. The zero-order valence-electron chi connectivity index (χ0n) is 19.1. The molecule has 0 aliphatic carbocycles. The zero-order valence-corrected chi connectivity index (χ0v) is 19.9. The first-order chi connectivity index (χ1) is 15.9. The number of nitrogens with zero attached hydrogens (tertiary/aromatic N) is 2. The van der Waals surface area contributed by atoms with Crippen LogP contribution in [0.15, 0.2) is 64.0 Å². The lowest BCUT2D eigenvalue weighted by Gasteiger charge is -2.20. The number of rotatable bonds is 11. The van der Waals surface area contributed by atoms with Gasteiger partial charge in [-0.05, 0) is 25.1 Å². The highest BCUT2D eigenvalue weighted by molar-refractivity contribution is 7.89. The Bertz CT molecular complexity index is 1170. The van der Waals surface area contributed by atoms with Gasteiger partial charge in [0.05, 0.1) is 23.4 Å². The van der Waals surface area contributed by atoms with Gasteiger partial charge < -0.3 is 14.5 Å². The molecule has 0 atom stereocenters. The van der Waals surface area contributed by atoms with Crippen LogP contribution >= 0.6 is 0 Å². The number of sulfonamides is 1. The van der Waals surface area contributed by atoms with Gasteiger partial charge in [-0.3, -0.25) is 4.79 Å². The number of anilines is 1. The Labute approximate surface area is 194 Å². The topological polar surface area (TPSA) is 102 Å². The van der Waals surface area contributed by atoms with Crippen molar-refractivity contribution in [1.82, 2.24) is 9.29 Å². The van der Waals surface area contributed by atoms with Crippen molar-refractivity contribution in [2.75, 3.05) is 25.0 Å². The van der Waals surface area contributed by atoms with Gasteiger partial charge in [-0.1, -0.05) is 44.2 Å². The summed E-state index contributed by atoms with van der Waals surface area (Å²) in [5.41, 5.74) is 1.22. The normalized spacial score (nSPS) is 11.5. The van der Waals surface area contributed by atoms with E-state index in [-0.39, 0.29) is 17.2 Å². The molecule has 0 fully saturated rings. The number of aryl methyl sites for hydroxylation is 1. The Morgan fingerprint density at radius 3 is 2.48 bits per heavy atom. The lowest BCUT2D eigenvalue weighted by atomic mass is 10.2. The number of nitrogens with one attached hydrogen (secondary N) is 1. The van der Waals surface area contributed by atoms with E-state index < -0.39 is 10.0 Å². The van der Waals surface area contributed by atoms with Crippen molar-refractivity contribution in [2.24, 2.45) is 0 Å². The van der Waals surface area contributed by atoms with Crippen molar-refractivity contribution >= 4 is 21.6 Å². The average molecular weight is 472 g/mol. The molecule has 8 nitrogen and oxygen atoms in total. The molecule has 0 saturated carbocycles. The number of ether oxygens (including phenoxy) is 1. The summed E-state index contributed by atoms with van der Waals surface area (Å²) in [5.74, 6) is 1.20. The minimum atomic E-state index is -3.67. The van der Waals surface area contributed by atoms with E-state index in [2.05, 4.69) is 10.3 Å². The molecule has 1 aromatic heterocycles. The largest absolute Gasteiger partial charge is 0.492 e. The summed E-state index contributed by atoms with van der Waals surface area (Å²) in [5, 5.41) is 2.78. The van der Waals surface area contributed by atoms with Crippen LogP contribution < -0.4 is 10.1 Å². The van der Waals surface area contributed by atoms with Crippen LogP contribution in [0.4, 0.5) is 5.69 Å². The molecule has 0 radical (unpaired) electrons. The Morgan fingerprint density at radius 1 is 1.09 bits per heavy atom. The molecule has 0 aliphatic heterocycles. The quantitative estimate of drug-likeness (QED) is 0.446. The minimum absolute atomic E-state index is 0.102. The van der Waals surface area contributed by atoms with E-state index in [1.54, 1.807) is 26.1 Å². The molecule has 33 heavy (non-hydrogen) atoms. The molecule has 3 rings (SSSR count). The molecule has 0 bridgehead atoms. The summed E-state index contributed by atoms with van der Waals surface area (Å²) in [7, 11) is -3.67. The Kier molecular flexibility index (Phi) is 8.24. The van der Waals surface area contributed by atoms with E-state index in [9.17, 15) is 13.2 Å². The molecule has 3 aromatic rings. The van der Waals surface area contributed by atoms with Crippen molar-refractivity contribution in [2.45, 2.75) is 38.5 Å². The SMILES string of the molecule is CCOc1ccc(S(=O)(=O)N(CC)CC)cc1NC(=O)CCc1ncc(-c2ccccc2)o1. The second-order valence-corrected chi connectivity index (χ2v) is 9.15. The van der Waals surface area contributed by atoms with Crippen LogP contribution in [-0.4, -0.2) is 43.3 Å². The molecule has 0 aliphatic rings. The highest BCUT2D eigenvalue weighted by atomic mass is 32.2. The van der Waals surface area contributed by atoms with Gasteiger partial charge in [-0.25, -0.2) is 13.4 Å². The summed E-state index contributed by atoms with van der Waals surface area (Å²) in [6.07, 6.45) is 2.06. The lowest BCUT2D eigenvalue weighted by molar-refractivity contribution is -0.116. The Morgan fingerprint density at radius 2 is 1.82 bits per heavy atom. The number of hydrogen-bond acceptors (Lipinski definition) is 6. The van der Waals surface area contributed by atoms with Crippen LogP contribution in [-0.2, 0) is 21.2 Å². The molecular formula is C24H29N3O5S. The molecule has 0 unspecified atom stereocenters. The number of carbonyl (C=O) groups is 1. The standard InChI is InChI=1S/C24H29N3O5S/c1-4-27(5-2)33(29,30)19-12-13-21(31-6-3)20(16-19)26-23(28)14-15-24-25-17-22(32-24)18-10-8-7-9-11-18/h7-13,16-17H,4-6,14-15H2,1-3H3,(H,26,28). The van der Waals surface area contributed by atoms with Crippen LogP contribution in [0.2, 0.25) is 0 Å². The highest BCUT2D eigenvalue weighted by Gasteiger charge is 2.23. The van der Waals surface area contributed by atoms with E-state index in [1.165, 1.54) is 16.4 Å². The van der Waals surface area contributed by atoms with Crippen LogP contribution in [0.1, 0.15) is 33.1 Å². The third-order valence-electron chi connectivity index (χ3n) is 5.05. The molecule has 1 N–H and O–H groups in total. The van der Waals surface area contributed by atoms with Crippen LogP contribution in [0.3, 0.4) is 0 Å². The van der Waals surface area contributed by atoms with E-state index in [4.69, 9.17) is 9.15 Å². The van der Waals surface area contributed by atoms with Crippen LogP contribution in [0.25, 0.3) is 11.3 Å². The van der Waals surface area contributed by atoms with Gasteiger partial charge in [0.2, 0.25) is 15.9 Å². The second-order valence-electron chi connectivity index (χ2n) is 7.21. The number of oxazole rings is 1. The highest BCUT2D eigenvalue weighted by Crippen LogP contribution is 2.29. The van der Waals surface area contributed by atoms with E-state index in [0.29, 0.717) is 49.2 Å². The third-order valence-corrected chi connectivity index (χ3v) is 7.09. The number of carbonyl (C=O) groups excluding carboxylic acids is 1. The predicted octanol–water partition coefficient (Wildman–Crippen LogP) is 4.34. The van der Waals surface area contributed by atoms with Crippen molar-refractivity contribution in [1.29, 1.82) is 0 Å². The van der Waals surface area contributed by atoms with Gasteiger partial charge in [0.15, 0.2) is 11.7 Å². The summed E-state index contributed by atoms with van der Waals surface area (Å²) < 4.78 is 38.5. The zero-order chi connectivity index (χ0) is 23.8. The third kappa shape index (κ3) is 6.00. The molecule has 0 saturated heterocycles. The monoisotopic (exact) mass is 471 g/mol. The van der Waals surface area contributed by atoms with Gasteiger partial charge in [-0.2, -0.15) is 4.31 Å². The number of hydrogen-bond donors (Lipinski definition) is 1. The van der Waals surface area contributed by atoms with Gasteiger partial charge >= 0.3 is 0 Å². The van der Waals surface area contributed by atoms with E-state index >= 15 is 0 Å². The maximum Gasteiger partial charge on any atom is 0.243 e. The average Bonchev–Trinajstić information content (AvgIpc) is 3.29. The fraction of sp³-hybridized carbons (Fsp3) is 0.333. The molecule has 1 heterocycles. The van der Waals surface area contributed by atoms with Gasteiger partial charge in [0, 0.05) is 31.5 Å². The number of amides is 1. The predicted molar refractivity (Wildman–Crippen MR) is 127 cm³/mol. The summed E-state index contributed by atoms with van der Waals surface area (Å²) in [6, 6.07) is 14.1. The van der Waals surface area contributed by atoms with Gasteiger partial charge in [0.25, 0.3) is 0 Å². The first kappa shape index (κ1) is 24.5. The first-order valence-corrected chi connectivity index (χ1v) is 12.4. The molecule has 1 amide bonds. The van der Waals surface area contributed by atoms with E-state index in [1.807, 2.05) is 37.3 Å². The molecule has 9 heteroatoms. The van der Waals surface area contributed by atoms with Crippen LogP contribution in [0.5, 0.6) is 5.75 Å². The van der Waals surface area contributed by atoms with E-state index in [0.717, 1.165) is 5.56 Å². The Balaban J connectivity index is 1.72. The summed E-state index contributed by atoms with van der Waals surface area (Å²) in [6.45, 7) is 6.47. The first-order valence-electron chi connectivity index (χ1n) is 11.0. The van der Waals surface area contributed by atoms with Crippen LogP contribution in [0, 0.1) is 0 Å². The number of benzene rings is 2. The second kappa shape index (κ2) is 11.1. The molecule has 0 spiro atoms.